The maximum atomic E-state index is 11.1. The lowest BCUT2D eigenvalue weighted by molar-refractivity contribution is -0.385. The first-order valence-electron chi connectivity index (χ1n) is 8.29. The summed E-state index contributed by atoms with van der Waals surface area (Å²) in [5, 5.41) is 14.4. The van der Waals surface area contributed by atoms with Crippen molar-refractivity contribution in [2.24, 2.45) is 0 Å². The van der Waals surface area contributed by atoms with Crippen LogP contribution in [0.15, 0.2) is 43.0 Å². The normalized spacial score (nSPS) is 10.4. The molecule has 0 radical (unpaired) electrons. The lowest BCUT2D eigenvalue weighted by Gasteiger charge is -2.15. The van der Waals surface area contributed by atoms with Crippen LogP contribution in [0, 0.1) is 17.0 Å². The molecule has 0 saturated heterocycles. The fourth-order valence-corrected chi connectivity index (χ4v) is 2.83. The molecule has 0 aromatic heterocycles. The van der Waals surface area contributed by atoms with E-state index >= 15 is 0 Å². The highest BCUT2D eigenvalue weighted by Crippen LogP contribution is 2.33. The fourth-order valence-electron chi connectivity index (χ4n) is 2.83. The van der Waals surface area contributed by atoms with E-state index in [9.17, 15) is 10.1 Å². The predicted octanol–water partition coefficient (Wildman–Crippen LogP) is 3.94. The molecule has 2 aromatic rings. The molecule has 0 heterocycles. The molecular weight excluding hydrogens is 332 g/mol. The van der Waals surface area contributed by atoms with Crippen molar-refractivity contribution in [2.45, 2.75) is 26.4 Å². The number of nitrogens with zero attached hydrogens (tertiary/aromatic N) is 1. The highest BCUT2D eigenvalue weighted by Gasteiger charge is 2.13. The molecule has 0 unspecified atom stereocenters. The van der Waals surface area contributed by atoms with E-state index in [1.54, 1.807) is 33.3 Å². The van der Waals surface area contributed by atoms with Crippen LogP contribution in [0.2, 0.25) is 0 Å². The largest absolute Gasteiger partial charge is 0.493 e. The van der Waals surface area contributed by atoms with Crippen molar-refractivity contribution in [3.05, 3.63) is 75.4 Å². The molecule has 2 rings (SSSR count). The van der Waals surface area contributed by atoms with Crippen LogP contribution in [0.3, 0.4) is 0 Å². The molecule has 1 N–H and O–H groups in total. The van der Waals surface area contributed by atoms with Crippen LogP contribution in [0.25, 0.3) is 0 Å². The van der Waals surface area contributed by atoms with E-state index in [0.29, 0.717) is 36.6 Å². The van der Waals surface area contributed by atoms with E-state index in [2.05, 4.69) is 11.9 Å². The number of aryl methyl sites for hydroxylation is 1. The van der Waals surface area contributed by atoms with Crippen LogP contribution in [-0.4, -0.2) is 19.1 Å². The van der Waals surface area contributed by atoms with Crippen molar-refractivity contribution < 1.29 is 14.4 Å². The molecular formula is C20H24N2O4. The molecule has 6 nitrogen and oxygen atoms in total. The van der Waals surface area contributed by atoms with Gasteiger partial charge < -0.3 is 14.8 Å². The van der Waals surface area contributed by atoms with Gasteiger partial charge in [-0.3, -0.25) is 10.1 Å². The van der Waals surface area contributed by atoms with Gasteiger partial charge >= 0.3 is 0 Å². The Balaban J connectivity index is 2.12. The van der Waals surface area contributed by atoms with Crippen molar-refractivity contribution in [2.75, 3.05) is 14.2 Å². The van der Waals surface area contributed by atoms with Crippen LogP contribution in [0.1, 0.15) is 22.3 Å². The summed E-state index contributed by atoms with van der Waals surface area (Å²) in [6.07, 6.45) is 2.50. The second-order valence-corrected chi connectivity index (χ2v) is 5.96. The van der Waals surface area contributed by atoms with Gasteiger partial charge in [-0.1, -0.05) is 24.3 Å². The first kappa shape index (κ1) is 19.5. The minimum absolute atomic E-state index is 0.142. The zero-order chi connectivity index (χ0) is 19.1. The quantitative estimate of drug-likeness (QED) is 0.418. The Bertz CT molecular complexity index is 803. The van der Waals surface area contributed by atoms with Gasteiger partial charge in [-0.05, 0) is 30.5 Å². The lowest BCUT2D eigenvalue weighted by atomic mass is 10.1. The second kappa shape index (κ2) is 9.01. The van der Waals surface area contributed by atoms with E-state index in [1.165, 1.54) is 0 Å². The topological polar surface area (TPSA) is 73.6 Å². The number of ether oxygens (including phenoxy) is 2. The summed E-state index contributed by atoms with van der Waals surface area (Å²) < 4.78 is 10.9. The van der Waals surface area contributed by atoms with Gasteiger partial charge in [0.2, 0.25) is 0 Å². The zero-order valence-electron chi connectivity index (χ0n) is 15.4. The summed E-state index contributed by atoms with van der Waals surface area (Å²) in [6.45, 7) is 6.65. The maximum Gasteiger partial charge on any atom is 0.272 e. The smallest absolute Gasteiger partial charge is 0.272 e. The van der Waals surface area contributed by atoms with Crippen molar-refractivity contribution in [1.29, 1.82) is 0 Å². The third-order valence-electron chi connectivity index (χ3n) is 4.11. The molecule has 0 bridgehead atoms. The van der Waals surface area contributed by atoms with Gasteiger partial charge in [0.25, 0.3) is 5.69 Å². The van der Waals surface area contributed by atoms with E-state index in [-0.39, 0.29) is 10.6 Å². The zero-order valence-corrected chi connectivity index (χ0v) is 15.4. The van der Waals surface area contributed by atoms with Crippen molar-refractivity contribution >= 4 is 5.69 Å². The van der Waals surface area contributed by atoms with Crippen LogP contribution < -0.4 is 14.8 Å². The molecule has 0 atom stereocenters. The van der Waals surface area contributed by atoms with Gasteiger partial charge in [-0.15, -0.1) is 6.58 Å². The molecule has 0 aliphatic carbocycles. The number of nitro benzene ring substituents is 1. The minimum Gasteiger partial charge on any atom is -0.493 e. The first-order valence-corrected chi connectivity index (χ1v) is 8.29. The highest BCUT2D eigenvalue weighted by molar-refractivity contribution is 5.50. The number of rotatable bonds is 9. The molecule has 138 valence electrons. The fraction of sp³-hybridized carbons (Fsp3) is 0.300. The third-order valence-corrected chi connectivity index (χ3v) is 4.11. The summed E-state index contributed by atoms with van der Waals surface area (Å²) in [7, 11) is 3.23. The van der Waals surface area contributed by atoms with Gasteiger partial charge in [-0.25, -0.2) is 0 Å². The Morgan fingerprint density at radius 1 is 1.15 bits per heavy atom. The molecule has 0 saturated carbocycles. The number of hydrogen-bond acceptors (Lipinski definition) is 5. The maximum absolute atomic E-state index is 11.1. The summed E-state index contributed by atoms with van der Waals surface area (Å²) >= 11 is 0. The van der Waals surface area contributed by atoms with Crippen LogP contribution >= 0.6 is 0 Å². The number of nitro groups is 1. The average molecular weight is 356 g/mol. The Morgan fingerprint density at radius 2 is 1.88 bits per heavy atom. The van der Waals surface area contributed by atoms with E-state index in [4.69, 9.17) is 9.47 Å². The molecule has 0 aliphatic rings. The van der Waals surface area contributed by atoms with Crippen LogP contribution in [-0.2, 0) is 19.5 Å². The van der Waals surface area contributed by atoms with Gasteiger partial charge in [0.05, 0.1) is 19.1 Å². The second-order valence-electron chi connectivity index (χ2n) is 5.96. The summed E-state index contributed by atoms with van der Waals surface area (Å²) in [5.41, 5.74) is 3.72. The monoisotopic (exact) mass is 356 g/mol. The molecule has 2 aromatic carbocycles. The van der Waals surface area contributed by atoms with Gasteiger partial charge in [-0.2, -0.15) is 0 Å². The Hall–Kier alpha value is -2.86. The Labute approximate surface area is 153 Å². The van der Waals surface area contributed by atoms with Crippen LogP contribution in [0.5, 0.6) is 11.5 Å². The van der Waals surface area contributed by atoms with Crippen molar-refractivity contribution in [1.82, 2.24) is 5.32 Å². The van der Waals surface area contributed by atoms with Gasteiger partial charge in [0.15, 0.2) is 11.5 Å². The molecule has 0 amide bonds. The van der Waals surface area contributed by atoms with E-state index in [0.717, 1.165) is 16.7 Å². The number of methoxy groups -OCH3 is 2. The number of allylic oxidation sites excluding steroid dienone is 1. The summed E-state index contributed by atoms with van der Waals surface area (Å²) in [6, 6.07) is 9.25. The predicted molar refractivity (Wildman–Crippen MR) is 102 cm³/mol. The Morgan fingerprint density at radius 3 is 2.50 bits per heavy atom. The highest BCUT2D eigenvalue weighted by atomic mass is 16.6. The van der Waals surface area contributed by atoms with Gasteiger partial charge in [0.1, 0.15) is 0 Å². The van der Waals surface area contributed by atoms with Gasteiger partial charge in [0, 0.05) is 30.3 Å². The van der Waals surface area contributed by atoms with Crippen molar-refractivity contribution in [3.8, 4) is 11.5 Å². The Kier molecular flexibility index (Phi) is 6.74. The number of hydrogen-bond donors (Lipinski definition) is 1. The first-order chi connectivity index (χ1) is 12.5. The minimum atomic E-state index is -0.352. The summed E-state index contributed by atoms with van der Waals surface area (Å²) in [5.74, 6) is 1.39. The lowest BCUT2D eigenvalue weighted by Crippen LogP contribution is -2.13. The SMILES string of the molecule is C=CCc1cc(CNCc2ccc(C)c([N+](=O)[O-])c2)cc(OC)c1OC. The molecule has 6 heteroatoms. The van der Waals surface area contributed by atoms with E-state index < -0.39 is 0 Å². The average Bonchev–Trinajstić information content (AvgIpc) is 2.62. The molecule has 0 spiro atoms. The number of benzene rings is 2. The van der Waals surface area contributed by atoms with Crippen molar-refractivity contribution in [3.63, 3.8) is 0 Å². The third kappa shape index (κ3) is 4.61. The van der Waals surface area contributed by atoms with Crippen LogP contribution in [0.4, 0.5) is 5.69 Å². The molecule has 26 heavy (non-hydrogen) atoms. The standard InChI is InChI=1S/C20H24N2O4/c1-5-6-17-9-16(11-19(25-3)20(17)26-4)13-21-12-15-8-7-14(2)18(10-15)22(23)24/h5,7-11,21H,1,6,12-13H2,2-4H3. The molecule has 0 fully saturated rings. The van der Waals surface area contributed by atoms with E-state index in [1.807, 2.05) is 24.3 Å². The molecule has 0 aliphatic heterocycles. The summed E-state index contributed by atoms with van der Waals surface area (Å²) in [4.78, 5) is 10.7. The number of nitrogens with one attached hydrogen (secondary N) is 1.